The van der Waals surface area contributed by atoms with Crippen molar-refractivity contribution in [3.63, 3.8) is 0 Å². The molecule has 1 N–H and O–H groups in total. The second-order valence-corrected chi connectivity index (χ2v) is 2.72. The molecule has 1 aromatic rings. The fourth-order valence-electron chi connectivity index (χ4n) is 1.10. The molecule has 1 aromatic heterocycles. The maximum absolute atomic E-state index is 12.4. The highest BCUT2D eigenvalue weighted by atomic mass is 19.3. The average Bonchev–Trinajstić information content (AvgIpc) is 2.61. The van der Waals surface area contributed by atoms with Gasteiger partial charge in [0.05, 0.1) is 6.61 Å². The lowest BCUT2D eigenvalue weighted by Gasteiger charge is -2.04. The molecule has 0 amide bonds. The Balaban J connectivity index is 3.18. The summed E-state index contributed by atoms with van der Waals surface area (Å²) in [6, 6.07) is 0. The van der Waals surface area contributed by atoms with Gasteiger partial charge in [0.15, 0.2) is 0 Å². The van der Waals surface area contributed by atoms with E-state index in [0.29, 0.717) is 0 Å². The van der Waals surface area contributed by atoms with E-state index in [-0.39, 0.29) is 6.61 Å². The van der Waals surface area contributed by atoms with Crippen molar-refractivity contribution in [1.29, 1.82) is 0 Å². The van der Waals surface area contributed by atoms with E-state index < -0.39 is 35.8 Å². The molecule has 16 heavy (non-hydrogen) atoms. The van der Waals surface area contributed by atoms with Crippen LogP contribution in [0.2, 0.25) is 0 Å². The minimum absolute atomic E-state index is 0.102. The molecule has 0 atom stereocenters. The van der Waals surface area contributed by atoms with Crippen molar-refractivity contribution in [2.45, 2.75) is 19.8 Å². The number of H-pyrrole nitrogens is 1. The zero-order chi connectivity index (χ0) is 12.3. The van der Waals surface area contributed by atoms with E-state index in [1.807, 2.05) is 0 Å². The van der Waals surface area contributed by atoms with Crippen LogP contribution in [0.15, 0.2) is 0 Å². The molecule has 1 rings (SSSR count). The van der Waals surface area contributed by atoms with Gasteiger partial charge in [0.25, 0.3) is 12.9 Å². The minimum Gasteiger partial charge on any atom is -0.462 e. The van der Waals surface area contributed by atoms with Gasteiger partial charge in [-0.3, -0.25) is 5.10 Å². The Bertz CT molecular complexity index is 353. The van der Waals surface area contributed by atoms with E-state index >= 15 is 0 Å². The highest BCUT2D eigenvalue weighted by Crippen LogP contribution is 2.29. The van der Waals surface area contributed by atoms with Crippen molar-refractivity contribution in [3.8, 4) is 0 Å². The van der Waals surface area contributed by atoms with Gasteiger partial charge in [-0.05, 0) is 6.92 Å². The van der Waals surface area contributed by atoms with Crippen molar-refractivity contribution in [2.75, 3.05) is 6.61 Å². The summed E-state index contributed by atoms with van der Waals surface area (Å²) in [5, 5.41) is 4.70. The van der Waals surface area contributed by atoms with Crippen molar-refractivity contribution >= 4 is 5.97 Å². The number of carbonyl (C=O) groups excluding carboxylic acids is 1. The van der Waals surface area contributed by atoms with Crippen LogP contribution in [-0.2, 0) is 4.74 Å². The standard InChI is InChI=1S/C8H8F4N2O2/c1-2-16-8(15)3-4(6(9)10)13-14-5(3)7(11)12/h6-7H,2H2,1H3,(H,13,14). The molecule has 0 bridgehead atoms. The molecule has 8 heteroatoms. The Morgan fingerprint density at radius 3 is 2.44 bits per heavy atom. The molecule has 0 aliphatic carbocycles. The number of alkyl halides is 4. The number of halogens is 4. The molecule has 90 valence electrons. The van der Waals surface area contributed by atoms with Crippen LogP contribution in [0.1, 0.15) is 41.5 Å². The number of rotatable bonds is 4. The molecule has 0 aromatic carbocycles. The molecule has 1 heterocycles. The lowest BCUT2D eigenvalue weighted by atomic mass is 10.2. The summed E-state index contributed by atoms with van der Waals surface area (Å²) in [5.74, 6) is -1.23. The van der Waals surface area contributed by atoms with Crippen LogP contribution < -0.4 is 0 Å². The monoisotopic (exact) mass is 240 g/mol. The van der Waals surface area contributed by atoms with Gasteiger partial charge in [0.1, 0.15) is 17.0 Å². The van der Waals surface area contributed by atoms with Crippen LogP contribution >= 0.6 is 0 Å². The number of ether oxygens (including phenoxy) is 1. The summed E-state index contributed by atoms with van der Waals surface area (Å²) in [6.07, 6.45) is -6.22. The van der Waals surface area contributed by atoms with E-state index in [0.717, 1.165) is 0 Å². The van der Waals surface area contributed by atoms with E-state index in [9.17, 15) is 22.4 Å². The number of aromatic nitrogens is 2. The fraction of sp³-hybridized carbons (Fsp3) is 0.500. The normalized spacial score (nSPS) is 11.2. The van der Waals surface area contributed by atoms with Gasteiger partial charge in [-0.25, -0.2) is 22.4 Å². The Kier molecular flexibility index (Phi) is 3.86. The topological polar surface area (TPSA) is 55.0 Å². The van der Waals surface area contributed by atoms with Gasteiger partial charge in [-0.2, -0.15) is 5.10 Å². The third-order valence-electron chi connectivity index (χ3n) is 1.73. The molecule has 0 fully saturated rings. The van der Waals surface area contributed by atoms with Crippen LogP contribution in [0.3, 0.4) is 0 Å². The predicted octanol–water partition coefficient (Wildman–Crippen LogP) is 2.46. The second kappa shape index (κ2) is 4.95. The SMILES string of the molecule is CCOC(=O)c1c(C(F)F)n[nH]c1C(F)F. The van der Waals surface area contributed by atoms with Gasteiger partial charge in [0, 0.05) is 0 Å². The molecular formula is C8H8F4N2O2. The molecular weight excluding hydrogens is 232 g/mol. The fourth-order valence-corrected chi connectivity index (χ4v) is 1.10. The Morgan fingerprint density at radius 2 is 2.00 bits per heavy atom. The Labute approximate surface area is 87.6 Å². The van der Waals surface area contributed by atoms with Gasteiger partial charge in [-0.1, -0.05) is 0 Å². The van der Waals surface area contributed by atoms with Crippen molar-refractivity contribution in [1.82, 2.24) is 10.2 Å². The summed E-state index contributed by atoms with van der Waals surface area (Å²) in [4.78, 5) is 11.2. The third-order valence-corrected chi connectivity index (χ3v) is 1.73. The highest BCUT2D eigenvalue weighted by molar-refractivity contribution is 5.92. The minimum atomic E-state index is -3.12. The smallest absolute Gasteiger partial charge is 0.342 e. The van der Waals surface area contributed by atoms with Gasteiger partial charge < -0.3 is 4.74 Å². The van der Waals surface area contributed by atoms with Crippen LogP contribution in [0.4, 0.5) is 17.6 Å². The number of hydrogen-bond acceptors (Lipinski definition) is 3. The van der Waals surface area contributed by atoms with Crippen LogP contribution in [0, 0.1) is 0 Å². The summed E-state index contributed by atoms with van der Waals surface area (Å²) in [7, 11) is 0. The first-order valence-corrected chi connectivity index (χ1v) is 4.30. The molecule has 0 radical (unpaired) electrons. The van der Waals surface area contributed by atoms with Crippen molar-refractivity contribution < 1.29 is 27.1 Å². The first kappa shape index (κ1) is 12.5. The maximum Gasteiger partial charge on any atom is 0.342 e. The molecule has 0 saturated heterocycles. The van der Waals surface area contributed by atoms with Crippen LogP contribution in [-0.4, -0.2) is 22.8 Å². The number of carbonyl (C=O) groups is 1. The molecule has 0 saturated carbocycles. The largest absolute Gasteiger partial charge is 0.462 e. The lowest BCUT2D eigenvalue weighted by molar-refractivity contribution is 0.0503. The first-order chi connectivity index (χ1) is 7.49. The lowest BCUT2D eigenvalue weighted by Crippen LogP contribution is -2.10. The predicted molar refractivity (Wildman–Crippen MR) is 44.5 cm³/mol. The zero-order valence-electron chi connectivity index (χ0n) is 8.14. The molecule has 0 aliphatic rings. The van der Waals surface area contributed by atoms with E-state index in [1.165, 1.54) is 6.92 Å². The summed E-state index contributed by atoms with van der Waals surface area (Å²) < 4.78 is 53.9. The highest BCUT2D eigenvalue weighted by Gasteiger charge is 2.30. The molecule has 4 nitrogen and oxygen atoms in total. The zero-order valence-corrected chi connectivity index (χ0v) is 8.14. The number of hydrogen-bond donors (Lipinski definition) is 1. The molecule has 0 spiro atoms. The summed E-state index contributed by atoms with van der Waals surface area (Å²) >= 11 is 0. The second-order valence-electron chi connectivity index (χ2n) is 2.72. The summed E-state index contributed by atoms with van der Waals surface area (Å²) in [5.41, 5.74) is -2.85. The van der Waals surface area contributed by atoms with Gasteiger partial charge in [-0.15, -0.1) is 0 Å². The van der Waals surface area contributed by atoms with E-state index in [4.69, 9.17) is 0 Å². The van der Waals surface area contributed by atoms with E-state index in [2.05, 4.69) is 9.84 Å². The number of nitrogens with zero attached hydrogens (tertiary/aromatic N) is 1. The molecule has 0 unspecified atom stereocenters. The van der Waals surface area contributed by atoms with Crippen LogP contribution in [0.25, 0.3) is 0 Å². The number of aromatic amines is 1. The first-order valence-electron chi connectivity index (χ1n) is 4.30. The van der Waals surface area contributed by atoms with Gasteiger partial charge >= 0.3 is 5.97 Å². The Morgan fingerprint density at radius 1 is 1.38 bits per heavy atom. The number of nitrogens with one attached hydrogen (secondary N) is 1. The maximum atomic E-state index is 12.4. The number of esters is 1. The third kappa shape index (κ3) is 2.31. The molecule has 0 aliphatic heterocycles. The Hall–Kier alpha value is -1.60. The quantitative estimate of drug-likeness (QED) is 0.649. The van der Waals surface area contributed by atoms with Crippen molar-refractivity contribution in [3.05, 3.63) is 17.0 Å². The summed E-state index contributed by atoms with van der Waals surface area (Å²) in [6.45, 7) is 1.33. The van der Waals surface area contributed by atoms with Crippen LogP contribution in [0.5, 0.6) is 0 Å². The van der Waals surface area contributed by atoms with Crippen molar-refractivity contribution in [2.24, 2.45) is 0 Å². The van der Waals surface area contributed by atoms with E-state index in [1.54, 1.807) is 5.10 Å². The van der Waals surface area contributed by atoms with Gasteiger partial charge in [0.2, 0.25) is 0 Å². The average molecular weight is 240 g/mol.